The van der Waals surface area contributed by atoms with E-state index in [0.717, 1.165) is 25.9 Å². The molecule has 2 aliphatic heterocycles. The van der Waals surface area contributed by atoms with E-state index in [0.29, 0.717) is 86.5 Å². The number of carbonyl (C=O) groups is 3. The number of ether oxygens (including phenoxy) is 7. The fourth-order valence-corrected chi connectivity index (χ4v) is 7.90. The van der Waals surface area contributed by atoms with E-state index in [4.69, 9.17) is 33.2 Å². The average molecular weight is 926 g/mol. The van der Waals surface area contributed by atoms with Crippen molar-refractivity contribution in [3.8, 4) is 23.0 Å². The fourth-order valence-electron chi connectivity index (χ4n) is 7.90. The van der Waals surface area contributed by atoms with E-state index in [-0.39, 0.29) is 73.4 Å². The Hall–Kier alpha value is -4.06. The van der Waals surface area contributed by atoms with E-state index >= 15 is 0 Å². The summed E-state index contributed by atoms with van der Waals surface area (Å²) in [5.41, 5.74) is 0.410. The number of hydrogen-bond donors (Lipinski definition) is 3. The Kier molecular flexibility index (Phi) is 24.6. The van der Waals surface area contributed by atoms with Crippen LogP contribution in [0, 0.1) is 11.8 Å². The Morgan fingerprint density at radius 1 is 0.688 bits per heavy atom. The molecular formula is C47H77ClN4O12. The third kappa shape index (κ3) is 17.1. The van der Waals surface area contributed by atoms with Crippen LogP contribution in [0.3, 0.4) is 0 Å². The molecule has 0 spiro atoms. The summed E-state index contributed by atoms with van der Waals surface area (Å²) in [5, 5.41) is 22.8. The van der Waals surface area contributed by atoms with Crippen LogP contribution in [0.25, 0.3) is 0 Å². The van der Waals surface area contributed by atoms with Gasteiger partial charge in [-0.3, -0.25) is 9.59 Å². The zero-order valence-electron chi connectivity index (χ0n) is 40.1. The number of hydrogen-bond acceptors (Lipinski definition) is 13. The molecular weight excluding hydrogens is 848 g/mol. The van der Waals surface area contributed by atoms with Crippen LogP contribution >= 0.6 is 12.4 Å². The van der Waals surface area contributed by atoms with Crippen molar-refractivity contribution in [1.29, 1.82) is 0 Å². The maximum absolute atomic E-state index is 13.7. The highest BCUT2D eigenvalue weighted by Crippen LogP contribution is 2.32. The summed E-state index contributed by atoms with van der Waals surface area (Å²) in [4.78, 5) is 45.1. The smallest absolute Gasteiger partial charge is 0.410 e. The van der Waals surface area contributed by atoms with Crippen molar-refractivity contribution in [2.24, 2.45) is 11.8 Å². The second-order valence-electron chi connectivity index (χ2n) is 17.7. The highest BCUT2D eigenvalue weighted by Gasteiger charge is 2.38. The minimum Gasteiger partial charge on any atom is -0.493 e. The Balaban J connectivity index is 0.000000444. The van der Waals surface area contributed by atoms with E-state index in [1.807, 2.05) is 53.4 Å². The lowest BCUT2D eigenvalue weighted by molar-refractivity contribution is -0.00672. The van der Waals surface area contributed by atoms with Crippen LogP contribution in [0.15, 0.2) is 36.4 Å². The molecule has 0 aliphatic carbocycles. The van der Waals surface area contributed by atoms with Crippen molar-refractivity contribution in [2.75, 3.05) is 94.3 Å². The molecule has 2 unspecified atom stereocenters. The molecule has 2 aliphatic rings. The summed E-state index contributed by atoms with van der Waals surface area (Å²) >= 11 is 0. The predicted octanol–water partition coefficient (Wildman–Crippen LogP) is 5.93. The molecule has 64 heavy (non-hydrogen) atoms. The summed E-state index contributed by atoms with van der Waals surface area (Å²) in [6, 6.07) is 10.1. The van der Waals surface area contributed by atoms with E-state index in [9.17, 15) is 24.6 Å². The van der Waals surface area contributed by atoms with Gasteiger partial charge in [0.1, 0.15) is 5.60 Å². The van der Waals surface area contributed by atoms with Crippen LogP contribution < -0.4 is 24.3 Å². The number of halogens is 1. The zero-order chi connectivity index (χ0) is 46.7. The monoisotopic (exact) mass is 925 g/mol. The van der Waals surface area contributed by atoms with Gasteiger partial charge in [0.15, 0.2) is 23.0 Å². The minimum absolute atomic E-state index is 0. The number of benzene rings is 2. The van der Waals surface area contributed by atoms with Crippen LogP contribution in [-0.2, 0) is 14.2 Å². The Morgan fingerprint density at radius 2 is 1.16 bits per heavy atom. The highest BCUT2D eigenvalue weighted by atomic mass is 35.5. The molecule has 4 atom stereocenters. The number of rotatable bonds is 20. The largest absolute Gasteiger partial charge is 0.493 e. The molecule has 16 nitrogen and oxygen atoms in total. The highest BCUT2D eigenvalue weighted by molar-refractivity contribution is 5.96. The normalized spacial score (nSPS) is 18.6. The molecule has 3 amide bonds. The molecule has 0 aromatic heterocycles. The van der Waals surface area contributed by atoms with Gasteiger partial charge in [0, 0.05) is 115 Å². The van der Waals surface area contributed by atoms with Crippen molar-refractivity contribution in [3.63, 3.8) is 0 Å². The van der Waals surface area contributed by atoms with E-state index in [2.05, 4.69) is 5.32 Å². The van der Waals surface area contributed by atoms with Crippen LogP contribution in [-0.4, -0.2) is 167 Å². The van der Waals surface area contributed by atoms with Crippen LogP contribution in [0.2, 0.25) is 0 Å². The van der Waals surface area contributed by atoms with Crippen molar-refractivity contribution in [2.45, 2.75) is 104 Å². The first kappa shape index (κ1) is 56.1. The lowest BCUT2D eigenvalue weighted by Gasteiger charge is -2.44. The molecule has 17 heteroatoms. The molecule has 2 heterocycles. The SMILES string of the molecule is COCCCOc1cc(C(=O)N(C(C)C)C2CNC[C@@H](CO)C2)ccc1OC.COCCCOc1cc(C(=O)N(C(C)C)C2C[C@H](CO)CN(C(=O)OC(C)(C)C)C2)ccc1OC.Cl. The third-order valence-electron chi connectivity index (χ3n) is 10.8. The Labute approximate surface area is 387 Å². The van der Waals surface area contributed by atoms with Gasteiger partial charge in [-0.15, -0.1) is 12.4 Å². The number of amides is 3. The van der Waals surface area contributed by atoms with Crippen molar-refractivity contribution < 1.29 is 57.8 Å². The number of carbonyl (C=O) groups excluding carboxylic acids is 3. The number of likely N-dealkylation sites (tertiary alicyclic amines) is 1. The van der Waals surface area contributed by atoms with E-state index < -0.39 is 11.7 Å². The van der Waals surface area contributed by atoms with E-state index in [1.54, 1.807) is 74.6 Å². The molecule has 2 fully saturated rings. The van der Waals surface area contributed by atoms with Gasteiger partial charge >= 0.3 is 6.09 Å². The summed E-state index contributed by atoms with van der Waals surface area (Å²) in [7, 11) is 6.43. The van der Waals surface area contributed by atoms with Gasteiger partial charge in [0.2, 0.25) is 0 Å². The average Bonchev–Trinajstić information content (AvgIpc) is 3.25. The lowest BCUT2D eigenvalue weighted by atomic mass is 9.92. The van der Waals surface area contributed by atoms with Gasteiger partial charge in [0.25, 0.3) is 11.8 Å². The van der Waals surface area contributed by atoms with Gasteiger partial charge in [-0.05, 0) is 104 Å². The predicted molar refractivity (Wildman–Crippen MR) is 248 cm³/mol. The van der Waals surface area contributed by atoms with Crippen molar-refractivity contribution in [1.82, 2.24) is 20.0 Å². The maximum Gasteiger partial charge on any atom is 0.410 e. The number of methoxy groups -OCH3 is 4. The number of aliphatic hydroxyl groups is 2. The van der Waals surface area contributed by atoms with Gasteiger partial charge in [-0.2, -0.15) is 0 Å². The topological polar surface area (TPSA) is 178 Å². The Bertz CT molecular complexity index is 1710. The first-order valence-corrected chi connectivity index (χ1v) is 22.2. The summed E-state index contributed by atoms with van der Waals surface area (Å²) in [6.07, 6.45) is 2.42. The number of nitrogens with zero attached hydrogens (tertiary/aromatic N) is 3. The van der Waals surface area contributed by atoms with Gasteiger partial charge in [-0.1, -0.05) is 0 Å². The van der Waals surface area contributed by atoms with Gasteiger partial charge < -0.3 is 63.4 Å². The van der Waals surface area contributed by atoms with Crippen molar-refractivity contribution >= 4 is 30.3 Å². The lowest BCUT2D eigenvalue weighted by Crippen LogP contribution is -2.57. The summed E-state index contributed by atoms with van der Waals surface area (Å²) in [5.74, 6) is 2.01. The zero-order valence-corrected chi connectivity index (χ0v) is 40.9. The molecule has 2 aromatic rings. The minimum atomic E-state index is -0.630. The van der Waals surface area contributed by atoms with Crippen LogP contribution in [0.4, 0.5) is 4.79 Å². The number of piperidine rings is 2. The quantitative estimate of drug-likeness (QED) is 0.133. The van der Waals surface area contributed by atoms with Gasteiger partial charge in [0.05, 0.1) is 33.5 Å². The Morgan fingerprint density at radius 3 is 1.58 bits per heavy atom. The van der Waals surface area contributed by atoms with Crippen LogP contribution in [0.5, 0.6) is 23.0 Å². The van der Waals surface area contributed by atoms with E-state index in [1.165, 1.54) is 0 Å². The molecule has 0 saturated carbocycles. The first-order chi connectivity index (χ1) is 30.0. The standard InChI is InChI=1S/C26H42N2O7.C21H34N2O5.ClH/c1-18(2)28(21-13-19(17-29)15-27(16-21)25(31)35-26(3,4)5)24(30)20-9-10-22(33-7)23(14-20)34-12-8-11-32-6;1-15(2)23(18-10-16(14-24)12-22-13-18)21(25)17-6-7-19(27-4)20(11-17)28-9-5-8-26-3;/h9-10,14,18-19,21,29H,8,11-13,15-17H2,1-7H3;6-7,11,15-16,18,22,24H,5,8-10,12-14H2,1-4H3;1H/t19-,21?;16-,18?;/m00./s1. The molecule has 2 saturated heterocycles. The van der Waals surface area contributed by atoms with Gasteiger partial charge in [-0.25, -0.2) is 4.79 Å². The fraction of sp³-hybridized carbons (Fsp3) is 0.681. The molecule has 4 rings (SSSR count). The molecule has 0 radical (unpaired) electrons. The summed E-state index contributed by atoms with van der Waals surface area (Å²) < 4.78 is 38.1. The third-order valence-corrected chi connectivity index (χ3v) is 10.8. The number of nitrogens with one attached hydrogen (secondary N) is 1. The molecule has 2 aromatic carbocycles. The first-order valence-electron chi connectivity index (χ1n) is 22.2. The molecule has 3 N–H and O–H groups in total. The molecule has 0 bridgehead atoms. The second-order valence-corrected chi connectivity index (χ2v) is 17.7. The van der Waals surface area contributed by atoms with Crippen molar-refractivity contribution in [3.05, 3.63) is 47.5 Å². The maximum atomic E-state index is 13.7. The number of aliphatic hydroxyl groups excluding tert-OH is 2. The summed E-state index contributed by atoms with van der Waals surface area (Å²) in [6.45, 7) is 17.8. The van der Waals surface area contributed by atoms with Crippen LogP contribution in [0.1, 0.15) is 94.9 Å². The molecule has 364 valence electrons. The second kappa shape index (κ2) is 28.1.